The van der Waals surface area contributed by atoms with Gasteiger partial charge in [0.15, 0.2) is 0 Å². The van der Waals surface area contributed by atoms with Crippen LogP contribution in [-0.2, 0) is 24.9 Å². The van der Waals surface area contributed by atoms with Gasteiger partial charge in [-0.2, -0.15) is 4.31 Å². The number of methoxy groups -OCH3 is 1. The average Bonchev–Trinajstić information content (AvgIpc) is 2.64. The number of sulfonamides is 1. The Hall–Kier alpha value is -0.990. The predicted octanol–water partition coefficient (Wildman–Crippen LogP) is 2.39. The van der Waals surface area contributed by atoms with Crippen molar-refractivity contribution in [1.29, 1.82) is 0 Å². The molecule has 1 heterocycles. The van der Waals surface area contributed by atoms with Gasteiger partial charge >= 0.3 is 0 Å². The van der Waals surface area contributed by atoms with Crippen LogP contribution in [0.15, 0.2) is 29.2 Å². The normalized spacial score (nSPS) is 16.8. The van der Waals surface area contributed by atoms with Crippen LogP contribution in [0, 0.1) is 0 Å². The summed E-state index contributed by atoms with van der Waals surface area (Å²) in [5.74, 6) is 0. The maximum absolute atomic E-state index is 13.5. The lowest BCUT2D eigenvalue weighted by Gasteiger charge is -2.34. The molecule has 7 heteroatoms. The van der Waals surface area contributed by atoms with Gasteiger partial charge in [0.05, 0.1) is 24.7 Å². The van der Waals surface area contributed by atoms with Crippen LogP contribution in [0.25, 0.3) is 0 Å². The lowest BCUT2D eigenvalue weighted by Crippen LogP contribution is -2.47. The summed E-state index contributed by atoms with van der Waals surface area (Å²) >= 11 is 0. The number of nitrogens with one attached hydrogen (secondary N) is 1. The standard InChI is InChI=1S/C20H34N2O4S/c1-20(2,3)17-6-5-7-19(16-17)27(23,24)22(12-13-26-15-14-25-4)18-8-10-21-11-9-18/h5-7,16,18,21H,8-15H2,1-4H3. The highest BCUT2D eigenvalue weighted by molar-refractivity contribution is 7.89. The molecule has 27 heavy (non-hydrogen) atoms. The molecule has 0 spiro atoms. The summed E-state index contributed by atoms with van der Waals surface area (Å²) < 4.78 is 39.1. The fourth-order valence-corrected chi connectivity index (χ4v) is 4.97. The second-order valence-corrected chi connectivity index (χ2v) is 9.87. The van der Waals surface area contributed by atoms with E-state index in [1.807, 2.05) is 18.2 Å². The summed E-state index contributed by atoms with van der Waals surface area (Å²) in [4.78, 5) is 0.366. The molecular weight excluding hydrogens is 364 g/mol. The van der Waals surface area contributed by atoms with Crippen molar-refractivity contribution in [2.75, 3.05) is 46.6 Å². The van der Waals surface area contributed by atoms with E-state index in [4.69, 9.17) is 9.47 Å². The van der Waals surface area contributed by atoms with E-state index < -0.39 is 10.0 Å². The molecule has 0 atom stereocenters. The van der Waals surface area contributed by atoms with Crippen LogP contribution in [0.2, 0.25) is 0 Å². The lowest BCUT2D eigenvalue weighted by molar-refractivity contribution is 0.0613. The van der Waals surface area contributed by atoms with Gasteiger partial charge in [-0.25, -0.2) is 8.42 Å². The van der Waals surface area contributed by atoms with Crippen molar-refractivity contribution in [2.45, 2.75) is 50.0 Å². The van der Waals surface area contributed by atoms with Crippen LogP contribution < -0.4 is 5.32 Å². The molecule has 1 aliphatic rings. The third-order valence-corrected chi connectivity index (χ3v) is 6.86. The van der Waals surface area contributed by atoms with Crippen molar-refractivity contribution in [3.63, 3.8) is 0 Å². The van der Waals surface area contributed by atoms with E-state index in [1.54, 1.807) is 17.5 Å². The van der Waals surface area contributed by atoms with E-state index in [1.165, 1.54) is 0 Å². The molecule has 0 saturated carbocycles. The first kappa shape index (κ1) is 22.3. The Labute approximate surface area is 164 Å². The molecule has 0 bridgehead atoms. The molecule has 1 saturated heterocycles. The summed E-state index contributed by atoms with van der Waals surface area (Å²) in [6, 6.07) is 7.34. The molecule has 6 nitrogen and oxygen atoms in total. The van der Waals surface area contributed by atoms with Crippen LogP contribution >= 0.6 is 0 Å². The van der Waals surface area contributed by atoms with Crippen LogP contribution in [0.3, 0.4) is 0 Å². The first-order valence-corrected chi connectivity index (χ1v) is 11.1. The number of benzene rings is 1. The van der Waals surface area contributed by atoms with E-state index in [-0.39, 0.29) is 11.5 Å². The Morgan fingerprint density at radius 1 is 1.15 bits per heavy atom. The Bertz CT molecular complexity index is 679. The summed E-state index contributed by atoms with van der Waals surface area (Å²) in [6.07, 6.45) is 1.63. The maximum Gasteiger partial charge on any atom is 0.243 e. The minimum absolute atomic E-state index is 0.000526. The predicted molar refractivity (Wildman–Crippen MR) is 108 cm³/mol. The lowest BCUT2D eigenvalue weighted by atomic mass is 9.87. The zero-order valence-electron chi connectivity index (χ0n) is 17.0. The highest BCUT2D eigenvalue weighted by Crippen LogP contribution is 2.27. The van der Waals surface area contributed by atoms with Gasteiger partial charge in [0.2, 0.25) is 10.0 Å². The van der Waals surface area contributed by atoms with Crippen molar-refractivity contribution in [3.05, 3.63) is 29.8 Å². The topological polar surface area (TPSA) is 67.9 Å². The molecule has 1 aromatic carbocycles. The van der Waals surface area contributed by atoms with E-state index in [0.717, 1.165) is 31.5 Å². The molecule has 1 N–H and O–H groups in total. The second kappa shape index (κ2) is 9.98. The zero-order chi connectivity index (χ0) is 19.9. The number of piperidine rings is 1. The maximum atomic E-state index is 13.5. The number of ether oxygens (including phenoxy) is 2. The largest absolute Gasteiger partial charge is 0.382 e. The molecule has 0 amide bonds. The summed E-state index contributed by atoms with van der Waals surface area (Å²) in [5, 5.41) is 3.30. The van der Waals surface area contributed by atoms with Crippen molar-refractivity contribution in [1.82, 2.24) is 9.62 Å². The van der Waals surface area contributed by atoms with Crippen LogP contribution in [0.1, 0.15) is 39.2 Å². The Morgan fingerprint density at radius 3 is 2.48 bits per heavy atom. The van der Waals surface area contributed by atoms with Gasteiger partial charge in [-0.05, 0) is 49.0 Å². The minimum Gasteiger partial charge on any atom is -0.382 e. The van der Waals surface area contributed by atoms with E-state index in [2.05, 4.69) is 26.1 Å². The second-order valence-electron chi connectivity index (χ2n) is 7.98. The van der Waals surface area contributed by atoms with Gasteiger partial charge in [0, 0.05) is 19.7 Å². The smallest absolute Gasteiger partial charge is 0.243 e. The quantitative estimate of drug-likeness (QED) is 0.647. The SMILES string of the molecule is COCCOCCN(C1CCNCC1)S(=O)(=O)c1cccc(C(C)(C)C)c1. The van der Waals surface area contributed by atoms with Crippen LogP contribution in [0.5, 0.6) is 0 Å². The Kier molecular flexibility index (Phi) is 8.24. The molecule has 1 aromatic rings. The molecule has 0 radical (unpaired) electrons. The third-order valence-electron chi connectivity index (χ3n) is 4.91. The Morgan fingerprint density at radius 2 is 1.85 bits per heavy atom. The van der Waals surface area contributed by atoms with Crippen molar-refractivity contribution < 1.29 is 17.9 Å². The summed E-state index contributed by atoms with van der Waals surface area (Å²) in [6.45, 7) is 9.64. The van der Waals surface area contributed by atoms with Gasteiger partial charge in [-0.1, -0.05) is 32.9 Å². The van der Waals surface area contributed by atoms with Crippen molar-refractivity contribution >= 4 is 10.0 Å². The first-order valence-electron chi connectivity index (χ1n) is 9.66. The molecule has 1 fully saturated rings. The van der Waals surface area contributed by atoms with Crippen molar-refractivity contribution in [3.8, 4) is 0 Å². The number of rotatable bonds is 9. The molecule has 0 aliphatic carbocycles. The third kappa shape index (κ3) is 6.26. The van der Waals surface area contributed by atoms with Gasteiger partial charge in [-0.3, -0.25) is 0 Å². The number of hydrogen-bond donors (Lipinski definition) is 1. The molecular formula is C20H34N2O4S. The molecule has 1 aliphatic heterocycles. The highest BCUT2D eigenvalue weighted by atomic mass is 32.2. The highest BCUT2D eigenvalue weighted by Gasteiger charge is 2.32. The fourth-order valence-electron chi connectivity index (χ4n) is 3.25. The zero-order valence-corrected chi connectivity index (χ0v) is 17.8. The summed E-state index contributed by atoms with van der Waals surface area (Å²) in [5.41, 5.74) is 0.916. The number of hydrogen-bond acceptors (Lipinski definition) is 5. The van der Waals surface area contributed by atoms with Gasteiger partial charge in [-0.15, -0.1) is 0 Å². The van der Waals surface area contributed by atoms with E-state index in [9.17, 15) is 8.42 Å². The molecule has 0 aromatic heterocycles. The molecule has 0 unspecified atom stereocenters. The fraction of sp³-hybridized carbons (Fsp3) is 0.700. The molecule has 154 valence electrons. The van der Waals surface area contributed by atoms with E-state index in [0.29, 0.717) is 31.3 Å². The summed E-state index contributed by atoms with van der Waals surface area (Å²) in [7, 11) is -1.96. The van der Waals surface area contributed by atoms with Gasteiger partial charge < -0.3 is 14.8 Å². The van der Waals surface area contributed by atoms with Crippen LogP contribution in [0.4, 0.5) is 0 Å². The first-order chi connectivity index (χ1) is 12.8. The van der Waals surface area contributed by atoms with Crippen molar-refractivity contribution in [2.24, 2.45) is 0 Å². The number of nitrogens with zero attached hydrogens (tertiary/aromatic N) is 1. The average molecular weight is 399 g/mol. The Balaban J connectivity index is 2.23. The monoisotopic (exact) mass is 398 g/mol. The van der Waals surface area contributed by atoms with Gasteiger partial charge in [0.1, 0.15) is 0 Å². The van der Waals surface area contributed by atoms with Gasteiger partial charge in [0.25, 0.3) is 0 Å². The molecule has 2 rings (SSSR count). The van der Waals surface area contributed by atoms with Crippen LogP contribution in [-0.4, -0.2) is 65.3 Å². The minimum atomic E-state index is -3.58. The van der Waals surface area contributed by atoms with E-state index >= 15 is 0 Å².